The summed E-state index contributed by atoms with van der Waals surface area (Å²) in [6.07, 6.45) is -8.86. The fourth-order valence-corrected chi connectivity index (χ4v) is 5.20. The number of anilines is 1. The minimum absolute atomic E-state index is 0.176. The molecule has 1 saturated heterocycles. The first-order chi connectivity index (χ1) is 19.7. The molecule has 4 rings (SSSR count). The van der Waals surface area contributed by atoms with E-state index in [1.54, 1.807) is 0 Å². The molecule has 12 nitrogen and oxygen atoms in total. The number of aromatic nitrogens is 2. The minimum Gasteiger partial charge on any atom is -0.497 e. The molecule has 228 valence electrons. The van der Waals surface area contributed by atoms with Crippen molar-refractivity contribution in [3.05, 3.63) is 70.2 Å². The highest BCUT2D eigenvalue weighted by Crippen LogP contribution is 2.56. The summed E-state index contributed by atoms with van der Waals surface area (Å²) in [6.45, 7) is -1.85. The number of nitrogens with zero attached hydrogens (tertiary/aromatic N) is 2. The van der Waals surface area contributed by atoms with Crippen molar-refractivity contribution in [3.63, 3.8) is 0 Å². The van der Waals surface area contributed by atoms with E-state index in [1.807, 2.05) is 0 Å². The van der Waals surface area contributed by atoms with Gasteiger partial charge in [-0.15, -0.1) is 0 Å². The van der Waals surface area contributed by atoms with Gasteiger partial charge in [0.15, 0.2) is 12.3 Å². The van der Waals surface area contributed by atoms with Crippen LogP contribution in [0.4, 0.5) is 23.4 Å². The quantitative estimate of drug-likeness (QED) is 0.228. The summed E-state index contributed by atoms with van der Waals surface area (Å²) in [5.74, 6) is -4.89. The Kier molecular flexibility index (Phi) is 8.94. The van der Waals surface area contributed by atoms with Gasteiger partial charge in [-0.05, 0) is 48.5 Å². The third-order valence-electron chi connectivity index (χ3n) is 6.09. The average Bonchev–Trinajstić information content (AvgIpc) is 3.16. The molecule has 2 heterocycles. The zero-order chi connectivity index (χ0) is 30.9. The Bertz CT molecular complexity index is 1460. The molecule has 0 aliphatic carbocycles. The fourth-order valence-electron chi connectivity index (χ4n) is 3.80. The van der Waals surface area contributed by atoms with Crippen molar-refractivity contribution in [1.29, 1.82) is 0 Å². The van der Waals surface area contributed by atoms with E-state index in [1.165, 1.54) is 62.8 Å². The first-order valence-corrected chi connectivity index (χ1v) is 13.6. The van der Waals surface area contributed by atoms with Gasteiger partial charge in [-0.25, -0.2) is 18.1 Å². The predicted molar refractivity (Wildman–Crippen MR) is 139 cm³/mol. The lowest BCUT2D eigenvalue weighted by Crippen LogP contribution is -2.57. The number of nitrogens with two attached hydrogens (primary N) is 1. The first kappa shape index (κ1) is 31.4. The maximum absolute atomic E-state index is 15.4. The van der Waals surface area contributed by atoms with Crippen LogP contribution >= 0.6 is 19.4 Å². The molecule has 18 heteroatoms. The van der Waals surface area contributed by atoms with Gasteiger partial charge < -0.3 is 34.1 Å². The highest BCUT2D eigenvalue weighted by molar-refractivity contribution is 7.49. The molecule has 1 aliphatic rings. The van der Waals surface area contributed by atoms with Crippen LogP contribution in [-0.4, -0.2) is 59.5 Å². The number of ether oxygens (including phenoxy) is 3. The summed E-state index contributed by atoms with van der Waals surface area (Å²) in [7, 11) is -2.30. The smallest absolute Gasteiger partial charge is 0.497 e. The number of hydrogen-bond donors (Lipinski definition) is 2. The van der Waals surface area contributed by atoms with Crippen LogP contribution in [-0.2, 0) is 13.8 Å². The number of benzene rings is 2. The molecule has 42 heavy (non-hydrogen) atoms. The number of nitrogen functional groups attached to an aromatic ring is 1. The molecule has 3 aromatic rings. The van der Waals surface area contributed by atoms with Gasteiger partial charge in [0.25, 0.3) is 6.43 Å². The van der Waals surface area contributed by atoms with E-state index in [0.29, 0.717) is 17.7 Å². The molecule has 0 unspecified atom stereocenters. The molecule has 3 atom stereocenters. The van der Waals surface area contributed by atoms with Gasteiger partial charge in [-0.2, -0.15) is 13.8 Å². The van der Waals surface area contributed by atoms with Gasteiger partial charge in [0, 0.05) is 6.20 Å². The zero-order valence-corrected chi connectivity index (χ0v) is 23.3. The number of aliphatic hydroxyl groups is 1. The molecule has 0 amide bonds. The van der Waals surface area contributed by atoms with Crippen LogP contribution in [0.2, 0.25) is 5.02 Å². The van der Waals surface area contributed by atoms with Gasteiger partial charge in [-0.3, -0.25) is 9.09 Å². The van der Waals surface area contributed by atoms with Crippen LogP contribution in [0.5, 0.6) is 23.0 Å². The first-order valence-electron chi connectivity index (χ1n) is 11.7. The number of aliphatic hydroxyl groups excluding tert-OH is 1. The van der Waals surface area contributed by atoms with Crippen LogP contribution in [0.3, 0.4) is 0 Å². The number of phosphoric ester groups is 1. The number of methoxy groups -OCH3 is 2. The lowest BCUT2D eigenvalue weighted by atomic mass is 9.95. The zero-order valence-electron chi connectivity index (χ0n) is 21.7. The van der Waals surface area contributed by atoms with Crippen molar-refractivity contribution < 1.29 is 55.0 Å². The van der Waals surface area contributed by atoms with E-state index in [4.69, 9.17) is 45.1 Å². The third kappa shape index (κ3) is 5.99. The summed E-state index contributed by atoms with van der Waals surface area (Å²) < 4.78 is 104. The van der Waals surface area contributed by atoms with Crippen LogP contribution in [0.1, 0.15) is 6.23 Å². The Morgan fingerprint density at radius 1 is 1.05 bits per heavy atom. The van der Waals surface area contributed by atoms with Crippen LogP contribution in [0.25, 0.3) is 0 Å². The van der Waals surface area contributed by atoms with Gasteiger partial charge in [-0.1, -0.05) is 11.6 Å². The molecule has 1 fully saturated rings. The second kappa shape index (κ2) is 12.0. The molecule has 0 radical (unpaired) electrons. The Labute approximate surface area is 240 Å². The molecule has 2 aromatic carbocycles. The second-order valence-corrected chi connectivity index (χ2v) is 10.6. The van der Waals surface area contributed by atoms with Gasteiger partial charge in [0.05, 0.1) is 19.2 Å². The van der Waals surface area contributed by atoms with Crippen LogP contribution < -0.4 is 29.9 Å². The topological polar surface area (TPSA) is 154 Å². The lowest BCUT2D eigenvalue weighted by Gasteiger charge is -2.33. The monoisotopic (exact) mass is 639 g/mol. The number of halogens is 5. The number of hydrogen-bond acceptors (Lipinski definition) is 11. The minimum atomic E-state index is -5.07. The van der Waals surface area contributed by atoms with Gasteiger partial charge in [0.2, 0.25) is 5.60 Å². The van der Waals surface area contributed by atoms with E-state index in [-0.39, 0.29) is 16.1 Å². The normalized spacial score (nSPS) is 21.7. The largest absolute Gasteiger partial charge is 0.587 e. The summed E-state index contributed by atoms with van der Waals surface area (Å²) in [5.41, 5.74) is 0.112. The van der Waals surface area contributed by atoms with E-state index < -0.39 is 61.2 Å². The molecular weight excluding hydrogens is 617 g/mol. The second-order valence-electron chi connectivity index (χ2n) is 8.68. The summed E-state index contributed by atoms with van der Waals surface area (Å²) >= 11 is 5.80. The molecule has 0 saturated carbocycles. The molecule has 1 aliphatic heterocycles. The van der Waals surface area contributed by atoms with E-state index >= 15 is 8.78 Å². The maximum atomic E-state index is 15.4. The lowest BCUT2D eigenvalue weighted by molar-refractivity contribution is -0.242. The third-order valence-corrected chi connectivity index (χ3v) is 7.69. The van der Waals surface area contributed by atoms with Crippen molar-refractivity contribution in [2.75, 3.05) is 26.6 Å². The van der Waals surface area contributed by atoms with Crippen molar-refractivity contribution in [3.8, 4) is 23.0 Å². The van der Waals surface area contributed by atoms with Crippen LogP contribution in [0, 0.1) is 0 Å². The van der Waals surface area contributed by atoms with E-state index in [2.05, 4.69) is 4.98 Å². The van der Waals surface area contributed by atoms with Gasteiger partial charge in [0.1, 0.15) is 35.4 Å². The van der Waals surface area contributed by atoms with Crippen molar-refractivity contribution in [2.24, 2.45) is 0 Å². The summed E-state index contributed by atoms with van der Waals surface area (Å²) in [5, 5.41) is 9.94. The standard InChI is InChI=1S/C24H23ClF4N3O9P/c1-36-13-3-7-15(8-4-13)40-42(35,41-16-9-5-14(37-2)6-10-16)38-12-23(21(26)27)24(28,29)18(33)20(39-23)32-11-17(25)19(30)31-22(32)34/h3-11,18,20-21,33H,12H2,1-2H3,(H2,30,31,34)/t18-,20+,23-/m0/s1. The number of phosphoric acid groups is 1. The highest BCUT2D eigenvalue weighted by atomic mass is 35.5. The molecule has 0 spiro atoms. The number of rotatable bonds is 11. The molecular formula is C24H23ClF4N3O9P. The van der Waals surface area contributed by atoms with Crippen molar-refractivity contribution in [1.82, 2.24) is 9.55 Å². The maximum Gasteiger partial charge on any atom is 0.587 e. The fraction of sp³-hybridized carbons (Fsp3) is 0.333. The number of alkyl halides is 4. The summed E-state index contributed by atoms with van der Waals surface area (Å²) in [6, 6.07) is 10.6. The Morgan fingerprint density at radius 2 is 1.52 bits per heavy atom. The average molecular weight is 640 g/mol. The van der Waals surface area contributed by atoms with Crippen molar-refractivity contribution >= 4 is 25.2 Å². The van der Waals surface area contributed by atoms with E-state index in [9.17, 15) is 23.2 Å². The van der Waals surface area contributed by atoms with E-state index in [0.717, 1.165) is 0 Å². The SMILES string of the molecule is COc1ccc(OP(=O)(OC[C@@]2(C(F)F)O[C@@H](n3cc(Cl)c(N)nc3=O)[C@H](O)C2(F)F)Oc2ccc(OC)cc2)cc1. The Hall–Kier alpha value is -3.56. The van der Waals surface area contributed by atoms with Crippen molar-refractivity contribution in [2.45, 2.75) is 30.3 Å². The molecule has 0 bridgehead atoms. The predicted octanol–water partition coefficient (Wildman–Crippen LogP) is 4.31. The Balaban J connectivity index is 1.69. The van der Waals surface area contributed by atoms with Gasteiger partial charge >= 0.3 is 19.4 Å². The summed E-state index contributed by atoms with van der Waals surface area (Å²) in [4.78, 5) is 15.6. The highest BCUT2D eigenvalue weighted by Gasteiger charge is 2.74. The molecule has 1 aromatic heterocycles. The Morgan fingerprint density at radius 3 is 1.98 bits per heavy atom. The molecule has 3 N–H and O–H groups in total. The van der Waals surface area contributed by atoms with Crippen LogP contribution in [0.15, 0.2) is 59.5 Å².